The standard InChI is InChI=1S/C24H22F2N2O5S/c1-15-17(13-22(29)30)12-16-2-3-19(26)14-21(16)23(15)24(31)27-8-10-28(11-9-27)34(32,33)20-6-4-18(25)5-7-20/h2-7,12,14H,8-11,13H2,1H3,(H,29,30). The number of hydrogen-bond acceptors (Lipinski definition) is 4. The highest BCUT2D eigenvalue weighted by molar-refractivity contribution is 7.89. The quantitative estimate of drug-likeness (QED) is 0.595. The number of rotatable bonds is 5. The molecule has 1 fully saturated rings. The summed E-state index contributed by atoms with van der Waals surface area (Å²) in [6.07, 6.45) is -0.289. The number of carbonyl (C=O) groups excluding carboxylic acids is 1. The van der Waals surface area contributed by atoms with Gasteiger partial charge in [-0.3, -0.25) is 9.59 Å². The number of sulfonamides is 1. The van der Waals surface area contributed by atoms with Crippen molar-refractivity contribution in [3.8, 4) is 0 Å². The molecule has 1 aliphatic heterocycles. The summed E-state index contributed by atoms with van der Waals surface area (Å²) in [6.45, 7) is 1.89. The molecule has 0 radical (unpaired) electrons. The molecule has 0 aromatic heterocycles. The summed E-state index contributed by atoms with van der Waals surface area (Å²) in [5, 5.41) is 10.2. The molecule has 0 spiro atoms. The molecule has 34 heavy (non-hydrogen) atoms. The van der Waals surface area contributed by atoms with E-state index in [0.717, 1.165) is 12.1 Å². The number of amides is 1. The average Bonchev–Trinajstić information content (AvgIpc) is 2.79. The van der Waals surface area contributed by atoms with Gasteiger partial charge in [0, 0.05) is 26.2 Å². The third-order valence-corrected chi connectivity index (χ3v) is 7.92. The normalized spacial score (nSPS) is 15.0. The minimum atomic E-state index is -3.85. The Labute approximate surface area is 195 Å². The predicted octanol–water partition coefficient (Wildman–Crippen LogP) is 3.20. The maximum absolute atomic E-state index is 14.0. The minimum absolute atomic E-state index is 0.0333. The molecule has 10 heteroatoms. The number of hydrogen-bond donors (Lipinski definition) is 1. The Kier molecular flexibility index (Phi) is 6.37. The van der Waals surface area contributed by atoms with Crippen LogP contribution in [0.3, 0.4) is 0 Å². The Balaban J connectivity index is 1.62. The largest absolute Gasteiger partial charge is 0.481 e. The van der Waals surface area contributed by atoms with E-state index in [1.54, 1.807) is 13.0 Å². The second kappa shape index (κ2) is 9.11. The summed E-state index contributed by atoms with van der Waals surface area (Å²) in [6, 6.07) is 10.2. The number of halogens is 2. The number of carboxylic acids is 1. The molecule has 4 rings (SSSR count). The van der Waals surface area contributed by atoms with Gasteiger partial charge in [0.1, 0.15) is 11.6 Å². The van der Waals surface area contributed by atoms with Crippen LogP contribution >= 0.6 is 0 Å². The summed E-state index contributed by atoms with van der Waals surface area (Å²) in [7, 11) is -3.85. The van der Waals surface area contributed by atoms with Crippen LogP contribution in [0.2, 0.25) is 0 Å². The lowest BCUT2D eigenvalue weighted by Gasteiger charge is -2.34. The lowest BCUT2D eigenvalue weighted by Crippen LogP contribution is -2.50. The van der Waals surface area contributed by atoms with E-state index in [4.69, 9.17) is 0 Å². The van der Waals surface area contributed by atoms with Gasteiger partial charge in [0.2, 0.25) is 10.0 Å². The smallest absolute Gasteiger partial charge is 0.307 e. The molecule has 1 N–H and O–H groups in total. The highest BCUT2D eigenvalue weighted by Gasteiger charge is 2.32. The highest BCUT2D eigenvalue weighted by Crippen LogP contribution is 2.29. The molecule has 0 atom stereocenters. The molecule has 0 unspecified atom stereocenters. The SMILES string of the molecule is Cc1c(CC(=O)O)cc2ccc(F)cc2c1C(=O)N1CCN(S(=O)(=O)c2ccc(F)cc2)CC1. The van der Waals surface area contributed by atoms with Crippen LogP contribution in [-0.4, -0.2) is 60.8 Å². The molecule has 7 nitrogen and oxygen atoms in total. The summed E-state index contributed by atoms with van der Waals surface area (Å²) in [5.41, 5.74) is 1.11. The van der Waals surface area contributed by atoms with Crippen LogP contribution in [0.25, 0.3) is 10.8 Å². The third kappa shape index (κ3) is 4.51. The molecule has 0 aliphatic carbocycles. The van der Waals surface area contributed by atoms with E-state index in [-0.39, 0.29) is 43.1 Å². The van der Waals surface area contributed by atoms with Crippen molar-refractivity contribution in [3.05, 3.63) is 76.9 Å². The van der Waals surface area contributed by atoms with Crippen LogP contribution in [0.15, 0.2) is 53.4 Å². The van der Waals surface area contributed by atoms with E-state index >= 15 is 0 Å². The second-order valence-electron chi connectivity index (χ2n) is 8.12. The Morgan fingerprint density at radius 1 is 0.941 bits per heavy atom. The van der Waals surface area contributed by atoms with Gasteiger partial charge in [-0.25, -0.2) is 17.2 Å². The second-order valence-corrected chi connectivity index (χ2v) is 10.1. The monoisotopic (exact) mass is 488 g/mol. The zero-order chi connectivity index (χ0) is 24.6. The van der Waals surface area contributed by atoms with Gasteiger partial charge in [0.15, 0.2) is 0 Å². The van der Waals surface area contributed by atoms with Gasteiger partial charge in [-0.15, -0.1) is 0 Å². The van der Waals surface area contributed by atoms with Crippen molar-refractivity contribution in [3.63, 3.8) is 0 Å². The zero-order valence-electron chi connectivity index (χ0n) is 18.3. The van der Waals surface area contributed by atoms with Crippen LogP contribution in [0.5, 0.6) is 0 Å². The van der Waals surface area contributed by atoms with Gasteiger partial charge >= 0.3 is 5.97 Å². The fraction of sp³-hybridized carbons (Fsp3) is 0.250. The van der Waals surface area contributed by atoms with Crippen LogP contribution in [0.1, 0.15) is 21.5 Å². The van der Waals surface area contributed by atoms with Gasteiger partial charge in [0.05, 0.1) is 16.9 Å². The van der Waals surface area contributed by atoms with E-state index in [1.807, 2.05) is 0 Å². The molecule has 3 aromatic rings. The van der Waals surface area contributed by atoms with E-state index in [0.29, 0.717) is 21.9 Å². The first-order chi connectivity index (χ1) is 16.1. The molecular weight excluding hydrogens is 466 g/mol. The number of piperazine rings is 1. The zero-order valence-corrected chi connectivity index (χ0v) is 19.1. The fourth-order valence-electron chi connectivity index (χ4n) is 4.20. The van der Waals surface area contributed by atoms with Gasteiger partial charge in [-0.05, 0) is 65.2 Å². The van der Waals surface area contributed by atoms with Crippen molar-refractivity contribution < 1.29 is 31.9 Å². The maximum atomic E-state index is 14.0. The number of aliphatic carboxylic acids is 1. The third-order valence-electron chi connectivity index (χ3n) is 6.00. The van der Waals surface area contributed by atoms with E-state index in [1.165, 1.54) is 39.5 Å². The Hall–Kier alpha value is -3.37. The molecule has 0 saturated carbocycles. The maximum Gasteiger partial charge on any atom is 0.307 e. The van der Waals surface area contributed by atoms with Crippen LogP contribution < -0.4 is 0 Å². The van der Waals surface area contributed by atoms with Crippen molar-refractivity contribution >= 4 is 32.7 Å². The van der Waals surface area contributed by atoms with Gasteiger partial charge in [-0.1, -0.05) is 12.1 Å². The fourth-order valence-corrected chi connectivity index (χ4v) is 5.62. The Bertz CT molecular complexity index is 1380. The predicted molar refractivity (Wildman–Crippen MR) is 121 cm³/mol. The molecule has 1 heterocycles. The molecule has 1 amide bonds. The van der Waals surface area contributed by atoms with E-state index < -0.39 is 33.5 Å². The van der Waals surface area contributed by atoms with Crippen molar-refractivity contribution in [2.24, 2.45) is 0 Å². The number of benzene rings is 3. The summed E-state index contributed by atoms with van der Waals surface area (Å²) in [5.74, 6) is -2.54. The average molecular weight is 489 g/mol. The highest BCUT2D eigenvalue weighted by atomic mass is 32.2. The van der Waals surface area contributed by atoms with Gasteiger partial charge in [0.25, 0.3) is 5.91 Å². The molecule has 0 bridgehead atoms. The molecule has 1 aliphatic rings. The lowest BCUT2D eigenvalue weighted by molar-refractivity contribution is -0.136. The number of fused-ring (bicyclic) bond motifs is 1. The van der Waals surface area contributed by atoms with Crippen LogP contribution in [0, 0.1) is 18.6 Å². The van der Waals surface area contributed by atoms with E-state index in [2.05, 4.69) is 0 Å². The molecule has 1 saturated heterocycles. The van der Waals surface area contributed by atoms with Crippen LogP contribution in [-0.2, 0) is 21.2 Å². The summed E-state index contributed by atoms with van der Waals surface area (Å²) in [4.78, 5) is 26.3. The summed E-state index contributed by atoms with van der Waals surface area (Å²) < 4.78 is 54.1. The molecule has 3 aromatic carbocycles. The van der Waals surface area contributed by atoms with Crippen molar-refractivity contribution in [2.45, 2.75) is 18.2 Å². The van der Waals surface area contributed by atoms with Crippen molar-refractivity contribution in [2.75, 3.05) is 26.2 Å². The number of carbonyl (C=O) groups is 2. The number of nitrogens with zero attached hydrogens (tertiary/aromatic N) is 2. The minimum Gasteiger partial charge on any atom is -0.481 e. The molecule has 178 valence electrons. The molecular formula is C24H22F2N2O5S. The lowest BCUT2D eigenvalue weighted by atomic mass is 9.92. The van der Waals surface area contributed by atoms with Gasteiger partial charge < -0.3 is 10.0 Å². The summed E-state index contributed by atoms with van der Waals surface area (Å²) >= 11 is 0. The topological polar surface area (TPSA) is 95.0 Å². The van der Waals surface area contributed by atoms with Crippen molar-refractivity contribution in [1.29, 1.82) is 0 Å². The first-order valence-corrected chi connectivity index (χ1v) is 12.0. The first-order valence-electron chi connectivity index (χ1n) is 10.6. The van der Waals surface area contributed by atoms with Crippen LogP contribution in [0.4, 0.5) is 8.78 Å². The van der Waals surface area contributed by atoms with E-state index in [9.17, 15) is 31.9 Å². The Morgan fingerprint density at radius 2 is 1.56 bits per heavy atom. The first kappa shape index (κ1) is 23.8. The Morgan fingerprint density at radius 3 is 2.18 bits per heavy atom. The number of carboxylic acid groups (broad SMARTS) is 1. The van der Waals surface area contributed by atoms with Crippen molar-refractivity contribution in [1.82, 2.24) is 9.21 Å². The van der Waals surface area contributed by atoms with Gasteiger partial charge in [-0.2, -0.15) is 4.31 Å².